The van der Waals surface area contributed by atoms with E-state index in [4.69, 9.17) is 5.11 Å². The average Bonchev–Trinajstić information content (AvgIpc) is 2.94. The van der Waals surface area contributed by atoms with E-state index in [1.807, 2.05) is 0 Å². The first-order valence-electron chi connectivity index (χ1n) is 11.7. The number of ketones is 1. The molecule has 0 saturated heterocycles. The average molecular weight is 411 g/mol. The predicted octanol–water partition coefficient (Wildman–Crippen LogP) is 5.04. The Balaban J connectivity index is 2.27. The largest absolute Gasteiger partial charge is 0.481 e. The first-order valence-corrected chi connectivity index (χ1v) is 11.7. The van der Waals surface area contributed by atoms with Crippen molar-refractivity contribution in [2.24, 2.45) is 11.8 Å². The van der Waals surface area contributed by atoms with Gasteiger partial charge in [-0.15, -0.1) is 0 Å². The van der Waals surface area contributed by atoms with Crippen molar-refractivity contribution < 1.29 is 24.9 Å². The number of hydrogen-bond acceptors (Lipinski definition) is 4. The molecule has 5 heteroatoms. The lowest BCUT2D eigenvalue weighted by Crippen LogP contribution is -2.22. The molecule has 0 aromatic rings. The molecule has 0 bridgehead atoms. The number of allylic oxidation sites excluding steroid dienone is 2. The van der Waals surface area contributed by atoms with E-state index in [1.54, 1.807) is 0 Å². The summed E-state index contributed by atoms with van der Waals surface area (Å²) in [5.74, 6) is -0.444. The molecular formula is C24H42O5. The van der Waals surface area contributed by atoms with Crippen molar-refractivity contribution >= 4 is 11.8 Å². The third-order valence-electron chi connectivity index (χ3n) is 6.17. The smallest absolute Gasteiger partial charge is 0.303 e. The number of carbonyl (C=O) groups excluding carboxylic acids is 1. The van der Waals surface area contributed by atoms with E-state index in [2.05, 4.69) is 19.1 Å². The fourth-order valence-corrected chi connectivity index (χ4v) is 4.37. The second-order valence-corrected chi connectivity index (χ2v) is 8.64. The number of carboxylic acids is 1. The van der Waals surface area contributed by atoms with E-state index in [1.165, 1.54) is 19.3 Å². The molecule has 1 rings (SSSR count). The number of hydrogen-bond donors (Lipinski definition) is 3. The van der Waals surface area contributed by atoms with Gasteiger partial charge < -0.3 is 15.3 Å². The highest BCUT2D eigenvalue weighted by molar-refractivity contribution is 5.78. The maximum atomic E-state index is 12.2. The van der Waals surface area contributed by atoms with E-state index < -0.39 is 18.2 Å². The minimum absolute atomic E-state index is 0.00532. The summed E-state index contributed by atoms with van der Waals surface area (Å²) in [6, 6.07) is 0. The summed E-state index contributed by atoms with van der Waals surface area (Å²) >= 11 is 0. The summed E-state index contributed by atoms with van der Waals surface area (Å²) in [6.07, 6.45) is 15.5. The standard InChI is InChI=1S/C24H42O5/c1-2-3-4-7-10-13-19(25)16-17-21-20(22(26)18-23(21)27)14-11-8-5-6-9-12-15-24(28)29/h8,11,20-23,26-27H,2-7,9-10,12-18H2,1H3,(H,28,29)/b11-8-/t20-,21-,22-,23-/m1/s1. The van der Waals surface area contributed by atoms with Gasteiger partial charge in [0, 0.05) is 19.3 Å². The van der Waals surface area contributed by atoms with Crippen LogP contribution in [-0.4, -0.2) is 39.3 Å². The molecule has 1 fully saturated rings. The zero-order valence-electron chi connectivity index (χ0n) is 18.2. The van der Waals surface area contributed by atoms with Crippen LogP contribution in [0.2, 0.25) is 0 Å². The zero-order chi connectivity index (χ0) is 21.5. The van der Waals surface area contributed by atoms with Crippen molar-refractivity contribution in [1.82, 2.24) is 0 Å². The van der Waals surface area contributed by atoms with E-state index in [0.29, 0.717) is 32.1 Å². The van der Waals surface area contributed by atoms with Crippen LogP contribution >= 0.6 is 0 Å². The van der Waals surface area contributed by atoms with E-state index >= 15 is 0 Å². The summed E-state index contributed by atoms with van der Waals surface area (Å²) in [4.78, 5) is 22.6. The Kier molecular flexibility index (Phi) is 13.9. The number of unbranched alkanes of at least 4 members (excludes halogenated alkanes) is 7. The van der Waals surface area contributed by atoms with Crippen LogP contribution in [0.15, 0.2) is 12.2 Å². The summed E-state index contributed by atoms with van der Waals surface area (Å²) in [6.45, 7) is 2.18. The molecule has 0 amide bonds. The van der Waals surface area contributed by atoms with Gasteiger partial charge in [0.15, 0.2) is 0 Å². The molecule has 4 atom stereocenters. The zero-order valence-corrected chi connectivity index (χ0v) is 18.2. The van der Waals surface area contributed by atoms with Crippen LogP contribution in [-0.2, 0) is 9.59 Å². The van der Waals surface area contributed by atoms with Gasteiger partial charge in [0.1, 0.15) is 5.78 Å². The number of aliphatic hydroxyl groups is 2. The molecular weight excluding hydrogens is 368 g/mol. The molecule has 0 radical (unpaired) electrons. The molecule has 0 aromatic heterocycles. The fourth-order valence-electron chi connectivity index (χ4n) is 4.37. The molecule has 1 aliphatic carbocycles. The van der Waals surface area contributed by atoms with Crippen molar-refractivity contribution in [3.8, 4) is 0 Å². The lowest BCUT2D eigenvalue weighted by Gasteiger charge is -2.22. The number of rotatable bonds is 17. The normalized spacial score (nSPS) is 24.4. The third kappa shape index (κ3) is 11.5. The quantitative estimate of drug-likeness (QED) is 0.231. The summed E-state index contributed by atoms with van der Waals surface area (Å²) in [7, 11) is 0. The van der Waals surface area contributed by atoms with Crippen LogP contribution in [0, 0.1) is 11.8 Å². The molecule has 1 saturated carbocycles. The van der Waals surface area contributed by atoms with Gasteiger partial charge >= 0.3 is 5.97 Å². The highest BCUT2D eigenvalue weighted by Crippen LogP contribution is 2.38. The molecule has 0 aromatic carbocycles. The lowest BCUT2D eigenvalue weighted by molar-refractivity contribution is -0.137. The van der Waals surface area contributed by atoms with Crippen LogP contribution in [0.3, 0.4) is 0 Å². The summed E-state index contributed by atoms with van der Waals surface area (Å²) < 4.78 is 0. The SMILES string of the molecule is CCCCCCCC(=O)CC[C@@H]1[C@@H](C/C=C\CCCCCC(=O)O)[C@H](O)C[C@H]1O. The van der Waals surface area contributed by atoms with Crippen LogP contribution in [0.5, 0.6) is 0 Å². The van der Waals surface area contributed by atoms with Gasteiger partial charge in [-0.25, -0.2) is 0 Å². The maximum absolute atomic E-state index is 12.2. The van der Waals surface area contributed by atoms with Crippen LogP contribution in [0.25, 0.3) is 0 Å². The van der Waals surface area contributed by atoms with Crippen molar-refractivity contribution in [3.63, 3.8) is 0 Å². The van der Waals surface area contributed by atoms with Crippen molar-refractivity contribution in [2.45, 2.75) is 115 Å². The maximum Gasteiger partial charge on any atom is 0.303 e. The fraction of sp³-hybridized carbons (Fsp3) is 0.833. The third-order valence-corrected chi connectivity index (χ3v) is 6.17. The van der Waals surface area contributed by atoms with Gasteiger partial charge in [-0.2, -0.15) is 0 Å². The Morgan fingerprint density at radius 3 is 2.21 bits per heavy atom. The molecule has 168 valence electrons. The second kappa shape index (κ2) is 15.6. The van der Waals surface area contributed by atoms with Gasteiger partial charge in [0.05, 0.1) is 12.2 Å². The minimum atomic E-state index is -0.740. The van der Waals surface area contributed by atoms with Gasteiger partial charge in [0.2, 0.25) is 0 Å². The topological polar surface area (TPSA) is 94.8 Å². The second-order valence-electron chi connectivity index (χ2n) is 8.64. The molecule has 3 N–H and O–H groups in total. The molecule has 0 heterocycles. The molecule has 5 nitrogen and oxygen atoms in total. The minimum Gasteiger partial charge on any atom is -0.481 e. The monoisotopic (exact) mass is 410 g/mol. The number of carbonyl (C=O) groups is 2. The molecule has 0 unspecified atom stereocenters. The van der Waals surface area contributed by atoms with Crippen LogP contribution in [0.1, 0.15) is 103 Å². The Bertz CT molecular complexity index is 488. The Hall–Kier alpha value is -1.20. The van der Waals surface area contributed by atoms with E-state index in [9.17, 15) is 19.8 Å². The van der Waals surface area contributed by atoms with Gasteiger partial charge in [-0.05, 0) is 56.8 Å². The van der Waals surface area contributed by atoms with E-state index in [0.717, 1.165) is 38.5 Å². The molecule has 0 aliphatic heterocycles. The van der Waals surface area contributed by atoms with Crippen LogP contribution < -0.4 is 0 Å². The van der Waals surface area contributed by atoms with Gasteiger partial charge in [-0.1, -0.05) is 51.2 Å². The first-order chi connectivity index (χ1) is 14.0. The van der Waals surface area contributed by atoms with Crippen molar-refractivity contribution in [3.05, 3.63) is 12.2 Å². The number of aliphatic hydroxyl groups excluding tert-OH is 2. The van der Waals surface area contributed by atoms with Gasteiger partial charge in [0.25, 0.3) is 0 Å². The predicted molar refractivity (Wildman–Crippen MR) is 116 cm³/mol. The number of Topliss-reactive ketones (excluding diaryl/α,β-unsaturated/α-hetero) is 1. The number of carboxylic acid groups (broad SMARTS) is 1. The molecule has 1 aliphatic rings. The van der Waals surface area contributed by atoms with Crippen LogP contribution in [0.4, 0.5) is 0 Å². The lowest BCUT2D eigenvalue weighted by atomic mass is 9.86. The molecule has 29 heavy (non-hydrogen) atoms. The Morgan fingerprint density at radius 2 is 1.48 bits per heavy atom. The number of aliphatic carboxylic acids is 1. The summed E-state index contributed by atoms with van der Waals surface area (Å²) in [5.41, 5.74) is 0. The first kappa shape index (κ1) is 25.8. The van der Waals surface area contributed by atoms with Crippen molar-refractivity contribution in [2.75, 3.05) is 0 Å². The summed E-state index contributed by atoms with van der Waals surface area (Å²) in [5, 5.41) is 29.2. The van der Waals surface area contributed by atoms with Crippen molar-refractivity contribution in [1.29, 1.82) is 0 Å². The highest BCUT2D eigenvalue weighted by atomic mass is 16.4. The Morgan fingerprint density at radius 1 is 0.828 bits per heavy atom. The van der Waals surface area contributed by atoms with E-state index in [-0.39, 0.29) is 24.0 Å². The van der Waals surface area contributed by atoms with Gasteiger partial charge in [-0.3, -0.25) is 9.59 Å². The Labute approximate surface area is 176 Å². The molecule has 0 spiro atoms. The highest BCUT2D eigenvalue weighted by Gasteiger charge is 2.40.